The fraction of sp³-hybridized carbons (Fsp3) is 0.235. The van der Waals surface area contributed by atoms with E-state index in [-0.39, 0.29) is 5.78 Å². The molecule has 3 heteroatoms. The molecule has 2 aromatic carbocycles. The maximum atomic E-state index is 12.8. The van der Waals surface area contributed by atoms with Crippen molar-refractivity contribution in [2.45, 2.75) is 13.8 Å². The zero-order valence-electron chi connectivity index (χ0n) is 11.6. The third-order valence-electron chi connectivity index (χ3n) is 3.66. The summed E-state index contributed by atoms with van der Waals surface area (Å²) in [4.78, 5) is 12.8. The maximum absolute atomic E-state index is 12.8. The van der Waals surface area contributed by atoms with Crippen molar-refractivity contribution in [2.24, 2.45) is 0 Å². The topological polar surface area (TPSA) is 35.5 Å². The van der Waals surface area contributed by atoms with Crippen LogP contribution in [0.1, 0.15) is 27.0 Å². The SMILES string of the molecule is Cc1cccc(C(=O)c2cccc3c2OCCO3)c1C. The van der Waals surface area contributed by atoms with E-state index >= 15 is 0 Å². The van der Waals surface area contributed by atoms with Crippen LogP contribution in [-0.4, -0.2) is 19.0 Å². The summed E-state index contributed by atoms with van der Waals surface area (Å²) >= 11 is 0. The van der Waals surface area contributed by atoms with Crippen LogP contribution >= 0.6 is 0 Å². The molecule has 0 N–H and O–H groups in total. The molecule has 0 saturated carbocycles. The summed E-state index contributed by atoms with van der Waals surface area (Å²) in [6.07, 6.45) is 0. The van der Waals surface area contributed by atoms with E-state index in [2.05, 4.69) is 0 Å². The Labute approximate surface area is 118 Å². The number of para-hydroxylation sites is 1. The minimum Gasteiger partial charge on any atom is -0.486 e. The Morgan fingerprint density at radius 2 is 1.65 bits per heavy atom. The summed E-state index contributed by atoms with van der Waals surface area (Å²) in [5.74, 6) is 1.19. The molecule has 0 unspecified atom stereocenters. The van der Waals surface area contributed by atoms with Crippen LogP contribution in [0.3, 0.4) is 0 Å². The number of hydrogen-bond donors (Lipinski definition) is 0. The molecule has 0 atom stereocenters. The Bertz CT molecular complexity index is 674. The van der Waals surface area contributed by atoms with Gasteiger partial charge in [-0.2, -0.15) is 0 Å². The molecule has 20 heavy (non-hydrogen) atoms. The first-order valence-corrected chi connectivity index (χ1v) is 6.68. The summed E-state index contributed by atoms with van der Waals surface area (Å²) < 4.78 is 11.1. The number of ketones is 1. The van der Waals surface area contributed by atoms with Crippen molar-refractivity contribution in [3.05, 3.63) is 58.7 Å². The van der Waals surface area contributed by atoms with Crippen molar-refractivity contribution in [1.82, 2.24) is 0 Å². The highest BCUT2D eigenvalue weighted by Crippen LogP contribution is 2.35. The average molecular weight is 268 g/mol. The van der Waals surface area contributed by atoms with E-state index in [1.54, 1.807) is 6.07 Å². The van der Waals surface area contributed by atoms with Gasteiger partial charge in [0.15, 0.2) is 17.3 Å². The molecule has 1 heterocycles. The van der Waals surface area contributed by atoms with Crippen LogP contribution in [0, 0.1) is 13.8 Å². The second-order valence-electron chi connectivity index (χ2n) is 4.91. The van der Waals surface area contributed by atoms with E-state index in [4.69, 9.17) is 9.47 Å². The zero-order chi connectivity index (χ0) is 14.1. The normalized spacial score (nSPS) is 13.1. The summed E-state index contributed by atoms with van der Waals surface area (Å²) in [5, 5.41) is 0. The van der Waals surface area contributed by atoms with Crippen molar-refractivity contribution in [1.29, 1.82) is 0 Å². The highest BCUT2D eigenvalue weighted by atomic mass is 16.6. The number of carbonyl (C=O) groups excluding carboxylic acids is 1. The van der Waals surface area contributed by atoms with E-state index in [9.17, 15) is 4.79 Å². The van der Waals surface area contributed by atoms with Gasteiger partial charge in [-0.25, -0.2) is 0 Å². The summed E-state index contributed by atoms with van der Waals surface area (Å²) in [5.41, 5.74) is 3.40. The predicted molar refractivity (Wildman–Crippen MR) is 76.8 cm³/mol. The molecule has 0 aromatic heterocycles. The first kappa shape index (κ1) is 12.7. The molecular weight excluding hydrogens is 252 g/mol. The van der Waals surface area contributed by atoms with Crippen molar-refractivity contribution < 1.29 is 14.3 Å². The molecule has 0 saturated heterocycles. The number of rotatable bonds is 2. The smallest absolute Gasteiger partial charge is 0.197 e. The van der Waals surface area contributed by atoms with Gasteiger partial charge >= 0.3 is 0 Å². The Morgan fingerprint density at radius 3 is 2.50 bits per heavy atom. The van der Waals surface area contributed by atoms with E-state index in [0.29, 0.717) is 35.8 Å². The van der Waals surface area contributed by atoms with E-state index in [1.165, 1.54) is 0 Å². The van der Waals surface area contributed by atoms with Gasteiger partial charge in [-0.3, -0.25) is 4.79 Å². The molecule has 3 rings (SSSR count). The number of aryl methyl sites for hydroxylation is 1. The molecule has 0 aliphatic carbocycles. The summed E-state index contributed by atoms with van der Waals surface area (Å²) in [6, 6.07) is 11.2. The molecule has 0 fully saturated rings. The molecule has 0 amide bonds. The maximum Gasteiger partial charge on any atom is 0.197 e. The Kier molecular flexibility index (Phi) is 3.18. The van der Waals surface area contributed by atoms with Crippen LogP contribution in [0.2, 0.25) is 0 Å². The summed E-state index contributed by atoms with van der Waals surface area (Å²) in [7, 11) is 0. The fourth-order valence-corrected chi connectivity index (χ4v) is 2.39. The third kappa shape index (κ3) is 2.05. The standard InChI is InChI=1S/C17H16O3/c1-11-5-3-6-13(12(11)2)16(18)14-7-4-8-15-17(14)20-10-9-19-15/h3-8H,9-10H2,1-2H3. The number of carbonyl (C=O) groups is 1. The zero-order valence-corrected chi connectivity index (χ0v) is 11.6. The largest absolute Gasteiger partial charge is 0.486 e. The molecule has 3 nitrogen and oxygen atoms in total. The van der Waals surface area contributed by atoms with Gasteiger partial charge in [-0.05, 0) is 37.1 Å². The predicted octanol–water partition coefficient (Wildman–Crippen LogP) is 3.31. The highest BCUT2D eigenvalue weighted by Gasteiger charge is 2.22. The lowest BCUT2D eigenvalue weighted by Crippen LogP contribution is -2.18. The minimum absolute atomic E-state index is 0.0199. The summed E-state index contributed by atoms with van der Waals surface area (Å²) in [6.45, 7) is 4.97. The first-order valence-electron chi connectivity index (χ1n) is 6.68. The molecular formula is C17H16O3. The van der Waals surface area contributed by atoms with Gasteiger partial charge < -0.3 is 9.47 Å². The van der Waals surface area contributed by atoms with Gasteiger partial charge in [-0.15, -0.1) is 0 Å². The first-order chi connectivity index (χ1) is 9.68. The molecule has 2 aromatic rings. The minimum atomic E-state index is -0.0199. The van der Waals surface area contributed by atoms with Crippen molar-refractivity contribution >= 4 is 5.78 Å². The fourth-order valence-electron chi connectivity index (χ4n) is 2.39. The molecule has 1 aliphatic heterocycles. The number of ether oxygens (including phenoxy) is 2. The molecule has 1 aliphatic rings. The van der Waals surface area contributed by atoms with Gasteiger partial charge in [0.1, 0.15) is 13.2 Å². The van der Waals surface area contributed by atoms with Crippen LogP contribution < -0.4 is 9.47 Å². The molecule has 0 radical (unpaired) electrons. The number of benzene rings is 2. The van der Waals surface area contributed by atoms with E-state index in [0.717, 1.165) is 11.1 Å². The molecule has 102 valence electrons. The van der Waals surface area contributed by atoms with Crippen LogP contribution in [0.4, 0.5) is 0 Å². The second kappa shape index (κ2) is 5.00. The second-order valence-corrected chi connectivity index (χ2v) is 4.91. The lowest BCUT2D eigenvalue weighted by Gasteiger charge is -2.20. The monoisotopic (exact) mass is 268 g/mol. The lowest BCUT2D eigenvalue weighted by molar-refractivity contribution is 0.102. The van der Waals surface area contributed by atoms with Gasteiger partial charge in [-0.1, -0.05) is 24.3 Å². The average Bonchev–Trinajstić information content (AvgIpc) is 2.49. The van der Waals surface area contributed by atoms with Crippen LogP contribution in [0.15, 0.2) is 36.4 Å². The van der Waals surface area contributed by atoms with Crippen molar-refractivity contribution in [3.8, 4) is 11.5 Å². The lowest BCUT2D eigenvalue weighted by atomic mass is 9.95. The van der Waals surface area contributed by atoms with Gasteiger partial charge in [0, 0.05) is 5.56 Å². The van der Waals surface area contributed by atoms with Gasteiger partial charge in [0.25, 0.3) is 0 Å². The molecule has 0 spiro atoms. The Balaban J connectivity index is 2.09. The third-order valence-corrected chi connectivity index (χ3v) is 3.66. The van der Waals surface area contributed by atoms with Crippen LogP contribution in [0.5, 0.6) is 11.5 Å². The van der Waals surface area contributed by atoms with Gasteiger partial charge in [0.2, 0.25) is 0 Å². The quantitative estimate of drug-likeness (QED) is 0.784. The number of hydrogen-bond acceptors (Lipinski definition) is 3. The van der Waals surface area contributed by atoms with E-state index < -0.39 is 0 Å². The molecule has 0 bridgehead atoms. The number of fused-ring (bicyclic) bond motifs is 1. The van der Waals surface area contributed by atoms with Crippen LogP contribution in [-0.2, 0) is 0 Å². The van der Waals surface area contributed by atoms with Gasteiger partial charge in [0.05, 0.1) is 5.56 Å². The van der Waals surface area contributed by atoms with Crippen molar-refractivity contribution in [2.75, 3.05) is 13.2 Å². The van der Waals surface area contributed by atoms with E-state index in [1.807, 2.05) is 44.2 Å². The van der Waals surface area contributed by atoms with Crippen LogP contribution in [0.25, 0.3) is 0 Å². The highest BCUT2D eigenvalue weighted by molar-refractivity contribution is 6.12. The van der Waals surface area contributed by atoms with Crippen molar-refractivity contribution in [3.63, 3.8) is 0 Å². The Hall–Kier alpha value is -2.29. The Morgan fingerprint density at radius 1 is 0.950 bits per heavy atom.